The van der Waals surface area contributed by atoms with Gasteiger partial charge in [0.15, 0.2) is 0 Å². The van der Waals surface area contributed by atoms with E-state index in [1.54, 1.807) is 0 Å². The lowest BCUT2D eigenvalue weighted by Crippen LogP contribution is -2.29. The Morgan fingerprint density at radius 2 is 1.96 bits per heavy atom. The molecule has 0 saturated heterocycles. The fourth-order valence-corrected chi connectivity index (χ4v) is 4.79. The highest BCUT2D eigenvalue weighted by atomic mass is 32.2. The van der Waals surface area contributed by atoms with Crippen LogP contribution in [0.25, 0.3) is 0 Å². The van der Waals surface area contributed by atoms with E-state index in [0.717, 1.165) is 17.5 Å². The molecule has 1 aliphatic carbocycles. The summed E-state index contributed by atoms with van der Waals surface area (Å²) in [5.74, 6) is 1.15. The summed E-state index contributed by atoms with van der Waals surface area (Å²) in [5.41, 5.74) is 2.73. The van der Waals surface area contributed by atoms with Crippen molar-refractivity contribution in [3.63, 3.8) is 0 Å². The highest BCUT2D eigenvalue weighted by Crippen LogP contribution is 2.32. The van der Waals surface area contributed by atoms with E-state index in [2.05, 4.69) is 42.0 Å². The van der Waals surface area contributed by atoms with Gasteiger partial charge in [0.25, 0.3) is 5.91 Å². The normalized spacial score (nSPS) is 19.7. The Morgan fingerprint density at radius 1 is 1.15 bits per heavy atom. The summed E-state index contributed by atoms with van der Waals surface area (Å²) >= 11 is 2.09. The highest BCUT2D eigenvalue weighted by molar-refractivity contribution is 7.99. The van der Waals surface area contributed by atoms with Crippen LogP contribution in [0.15, 0.2) is 54.6 Å². The molecule has 0 aromatic heterocycles. The van der Waals surface area contributed by atoms with Crippen LogP contribution in [0.4, 0.5) is 5.69 Å². The van der Waals surface area contributed by atoms with Crippen LogP contribution in [-0.2, 0) is 6.54 Å². The van der Waals surface area contributed by atoms with Crippen molar-refractivity contribution < 1.29 is 4.79 Å². The number of carbonyl (C=O) groups excluding carboxylic acids is 1. The predicted molar refractivity (Wildman–Crippen MR) is 112 cm³/mol. The molecule has 1 N–H and O–H groups in total. The van der Waals surface area contributed by atoms with Crippen LogP contribution in [0.3, 0.4) is 0 Å². The van der Waals surface area contributed by atoms with Gasteiger partial charge in [-0.15, -0.1) is 0 Å². The highest BCUT2D eigenvalue weighted by Gasteiger charge is 2.27. The summed E-state index contributed by atoms with van der Waals surface area (Å²) in [6.07, 6.45) is 3.89. The second-order valence-electron chi connectivity index (χ2n) is 6.98. The molecule has 4 heteroatoms. The smallest absolute Gasteiger partial charge is 0.255 e. The molecule has 2 atom stereocenters. The van der Waals surface area contributed by atoms with Gasteiger partial charge in [-0.2, -0.15) is 11.8 Å². The summed E-state index contributed by atoms with van der Waals surface area (Å²) in [6, 6.07) is 18.2. The number of hydrogen-bond acceptors (Lipinski definition) is 3. The van der Waals surface area contributed by atoms with Crippen molar-refractivity contribution in [2.45, 2.75) is 44.0 Å². The van der Waals surface area contributed by atoms with Crippen molar-refractivity contribution in [3.8, 4) is 0 Å². The zero-order valence-corrected chi connectivity index (χ0v) is 16.5. The zero-order valence-electron chi connectivity index (χ0n) is 15.7. The van der Waals surface area contributed by atoms with E-state index in [9.17, 15) is 4.79 Å². The monoisotopic (exact) mass is 368 g/mol. The molecule has 26 heavy (non-hydrogen) atoms. The molecule has 3 nitrogen and oxygen atoms in total. The van der Waals surface area contributed by atoms with Crippen LogP contribution >= 0.6 is 11.8 Å². The van der Waals surface area contributed by atoms with Crippen molar-refractivity contribution in [1.82, 2.24) is 4.90 Å². The van der Waals surface area contributed by atoms with Crippen LogP contribution in [0.2, 0.25) is 0 Å². The number of amides is 1. The molecular weight excluding hydrogens is 340 g/mol. The Morgan fingerprint density at radius 3 is 2.73 bits per heavy atom. The fraction of sp³-hybridized carbons (Fsp3) is 0.409. The largest absolute Gasteiger partial charge is 0.322 e. The van der Waals surface area contributed by atoms with E-state index in [0.29, 0.717) is 11.6 Å². The molecule has 3 rings (SSSR count). The lowest BCUT2D eigenvalue weighted by molar-refractivity contribution is 0.102. The summed E-state index contributed by atoms with van der Waals surface area (Å²) in [6.45, 7) is 3.13. The summed E-state index contributed by atoms with van der Waals surface area (Å²) in [7, 11) is 2.21. The average molecular weight is 369 g/mol. The van der Waals surface area contributed by atoms with E-state index < -0.39 is 0 Å². The Balaban J connectivity index is 1.59. The third kappa shape index (κ3) is 5.12. The minimum atomic E-state index is -0.0546. The van der Waals surface area contributed by atoms with Gasteiger partial charge in [0, 0.05) is 29.1 Å². The van der Waals surface area contributed by atoms with Crippen molar-refractivity contribution in [2.75, 3.05) is 18.1 Å². The molecule has 2 unspecified atom stereocenters. The van der Waals surface area contributed by atoms with Crippen LogP contribution in [0.5, 0.6) is 0 Å². The maximum absolute atomic E-state index is 12.5. The van der Waals surface area contributed by atoms with Crippen LogP contribution in [0, 0.1) is 0 Å². The standard InChI is InChI=1S/C22H28N2OS/c1-3-26-21-13-12-20(15-21)24(2)16-17-8-7-9-18(14-17)22(25)23-19-10-5-4-6-11-19/h4-11,14,20-21H,3,12-13,15-16H2,1-2H3,(H,23,25). The first-order valence-corrected chi connectivity index (χ1v) is 10.5. The molecule has 0 radical (unpaired) electrons. The number of nitrogens with zero attached hydrogens (tertiary/aromatic N) is 1. The van der Waals surface area contributed by atoms with Gasteiger partial charge in [-0.1, -0.05) is 37.3 Å². The first kappa shape index (κ1) is 19.0. The SMILES string of the molecule is CCSC1CCC(N(C)Cc2cccc(C(=O)Nc3ccccc3)c2)C1. The molecule has 1 amide bonds. The molecule has 2 aromatic rings. The van der Waals surface area contributed by atoms with E-state index >= 15 is 0 Å². The first-order chi connectivity index (χ1) is 12.7. The summed E-state index contributed by atoms with van der Waals surface area (Å²) in [4.78, 5) is 14.9. The molecule has 0 spiro atoms. The Labute approximate surface area is 161 Å². The van der Waals surface area contributed by atoms with Crippen LogP contribution in [0.1, 0.15) is 42.1 Å². The lowest BCUT2D eigenvalue weighted by atomic mass is 10.1. The number of hydrogen-bond donors (Lipinski definition) is 1. The number of nitrogens with one attached hydrogen (secondary N) is 1. The zero-order chi connectivity index (χ0) is 18.4. The molecule has 1 aliphatic rings. The van der Waals surface area contributed by atoms with E-state index in [1.807, 2.05) is 48.5 Å². The van der Waals surface area contributed by atoms with E-state index in [4.69, 9.17) is 0 Å². The van der Waals surface area contributed by atoms with Gasteiger partial charge in [0.1, 0.15) is 0 Å². The van der Waals surface area contributed by atoms with Crippen molar-refractivity contribution in [2.24, 2.45) is 0 Å². The number of anilines is 1. The van der Waals surface area contributed by atoms with Gasteiger partial charge in [-0.3, -0.25) is 9.69 Å². The second kappa shape index (κ2) is 9.24. The maximum atomic E-state index is 12.5. The molecule has 1 fully saturated rings. The second-order valence-corrected chi connectivity index (χ2v) is 8.56. The number of carbonyl (C=O) groups is 1. The molecule has 0 bridgehead atoms. The van der Waals surface area contributed by atoms with Gasteiger partial charge >= 0.3 is 0 Å². The summed E-state index contributed by atoms with van der Waals surface area (Å²) < 4.78 is 0. The lowest BCUT2D eigenvalue weighted by Gasteiger charge is -2.24. The average Bonchev–Trinajstić information content (AvgIpc) is 3.12. The molecule has 0 heterocycles. The first-order valence-electron chi connectivity index (χ1n) is 9.43. The minimum Gasteiger partial charge on any atom is -0.322 e. The topological polar surface area (TPSA) is 32.3 Å². The number of thioether (sulfide) groups is 1. The molecule has 2 aromatic carbocycles. The molecule has 138 valence electrons. The van der Waals surface area contributed by atoms with Gasteiger partial charge in [0.05, 0.1) is 0 Å². The van der Waals surface area contributed by atoms with Gasteiger partial charge < -0.3 is 5.32 Å². The van der Waals surface area contributed by atoms with Crippen molar-refractivity contribution >= 4 is 23.4 Å². The quantitative estimate of drug-likeness (QED) is 0.743. The van der Waals surface area contributed by atoms with Gasteiger partial charge in [0.2, 0.25) is 0 Å². The maximum Gasteiger partial charge on any atom is 0.255 e. The Bertz CT molecular complexity index is 719. The number of benzene rings is 2. The summed E-state index contributed by atoms with van der Waals surface area (Å²) in [5, 5.41) is 3.77. The van der Waals surface area contributed by atoms with E-state index in [-0.39, 0.29) is 5.91 Å². The van der Waals surface area contributed by atoms with E-state index in [1.165, 1.54) is 30.6 Å². The number of rotatable bonds is 7. The third-order valence-electron chi connectivity index (χ3n) is 5.04. The van der Waals surface area contributed by atoms with Crippen LogP contribution in [-0.4, -0.2) is 34.9 Å². The third-order valence-corrected chi connectivity index (χ3v) is 6.27. The molecular formula is C22H28N2OS. The number of para-hydroxylation sites is 1. The van der Waals surface area contributed by atoms with Crippen molar-refractivity contribution in [3.05, 3.63) is 65.7 Å². The Kier molecular flexibility index (Phi) is 6.75. The molecule has 0 aliphatic heterocycles. The fourth-order valence-electron chi connectivity index (χ4n) is 3.66. The minimum absolute atomic E-state index is 0.0546. The Hall–Kier alpha value is -1.78. The van der Waals surface area contributed by atoms with Crippen molar-refractivity contribution in [1.29, 1.82) is 0 Å². The van der Waals surface area contributed by atoms with Gasteiger partial charge in [-0.05, 0) is 61.9 Å². The van der Waals surface area contributed by atoms with Crippen LogP contribution < -0.4 is 5.32 Å². The predicted octanol–water partition coefficient (Wildman–Crippen LogP) is 5.04. The van der Waals surface area contributed by atoms with Gasteiger partial charge in [-0.25, -0.2) is 0 Å². The molecule has 1 saturated carbocycles.